The Labute approximate surface area is 180 Å². The van der Waals surface area contributed by atoms with E-state index in [1.54, 1.807) is 36.4 Å². The number of aromatic nitrogens is 2. The van der Waals surface area contributed by atoms with Crippen molar-refractivity contribution in [1.29, 1.82) is 0 Å². The summed E-state index contributed by atoms with van der Waals surface area (Å²) in [5, 5.41) is 17.8. The van der Waals surface area contributed by atoms with Crippen molar-refractivity contribution in [2.75, 3.05) is 12.4 Å². The van der Waals surface area contributed by atoms with Gasteiger partial charge < -0.3 is 20.1 Å². The molecule has 160 valence electrons. The lowest BCUT2D eigenvalue weighted by atomic mass is 10.0. The lowest BCUT2D eigenvalue weighted by Gasteiger charge is -2.15. The number of rotatable bonds is 5. The number of amides is 2. The Morgan fingerprint density at radius 1 is 1.23 bits per heavy atom. The van der Waals surface area contributed by atoms with Crippen LogP contribution in [0.5, 0.6) is 0 Å². The molecule has 0 saturated heterocycles. The molecule has 0 aliphatic carbocycles. The Balaban J connectivity index is 2.06. The molecule has 1 unspecified atom stereocenters. The predicted molar refractivity (Wildman–Crippen MR) is 115 cm³/mol. The minimum Gasteiger partial charge on any atom is -0.452 e. The van der Waals surface area contributed by atoms with Crippen molar-refractivity contribution in [2.45, 2.75) is 13.0 Å². The zero-order valence-corrected chi connectivity index (χ0v) is 17.2. The van der Waals surface area contributed by atoms with Gasteiger partial charge in [0.15, 0.2) is 5.69 Å². The maximum Gasteiger partial charge on any atom is 0.427 e. The predicted octanol–water partition coefficient (Wildman–Crippen LogP) is 2.33. The Bertz CT molecular complexity index is 1220. The number of hydrogen-bond acceptors (Lipinski definition) is 7. The molecule has 0 saturated carbocycles. The Kier molecular flexibility index (Phi) is 6.63. The molecule has 0 fully saturated rings. The largest absolute Gasteiger partial charge is 0.452 e. The number of nitrogens with one attached hydrogen (secondary N) is 3. The van der Waals surface area contributed by atoms with Gasteiger partial charge in [0.1, 0.15) is 11.8 Å². The van der Waals surface area contributed by atoms with Crippen LogP contribution in [0, 0.1) is 0 Å². The number of ether oxygens (including phenoxy) is 1. The van der Waals surface area contributed by atoms with Crippen molar-refractivity contribution in [1.82, 2.24) is 15.4 Å². The monoisotopic (exact) mass is 443 g/mol. The fourth-order valence-corrected chi connectivity index (χ4v) is 2.91. The second-order valence-corrected chi connectivity index (χ2v) is 6.82. The summed E-state index contributed by atoms with van der Waals surface area (Å²) in [5.74, 6) is -0.246. The number of anilines is 1. The number of H-pyrrole nitrogens is 1. The Hall–Kier alpha value is -3.76. The van der Waals surface area contributed by atoms with Crippen LogP contribution >= 0.6 is 11.6 Å². The smallest absolute Gasteiger partial charge is 0.427 e. The van der Waals surface area contributed by atoms with Crippen molar-refractivity contribution in [3.63, 3.8) is 0 Å². The molecule has 2 aromatic carbocycles. The average molecular weight is 444 g/mol. The first kappa shape index (κ1) is 21.9. The normalized spacial score (nSPS) is 12.3. The molecule has 0 aliphatic rings. The van der Waals surface area contributed by atoms with E-state index in [1.165, 1.54) is 13.0 Å². The van der Waals surface area contributed by atoms with Crippen LogP contribution in [0.15, 0.2) is 52.4 Å². The van der Waals surface area contributed by atoms with Crippen LogP contribution in [-0.2, 0) is 9.53 Å². The molecule has 4 N–H and O–H groups in total. The molecule has 31 heavy (non-hydrogen) atoms. The minimum absolute atomic E-state index is 0.204. The molecule has 0 spiro atoms. The molecule has 1 heterocycles. The van der Waals surface area contributed by atoms with E-state index < -0.39 is 17.8 Å². The van der Waals surface area contributed by atoms with Crippen LogP contribution < -0.4 is 16.3 Å². The topological polar surface area (TPSA) is 146 Å². The van der Waals surface area contributed by atoms with E-state index in [9.17, 15) is 19.5 Å². The molecule has 2 amide bonds. The SMILES string of the molecule is COC(=O)N/N=C(\c1nc2ccc(Cl)cc2[nH]c1=O)C(O)c1ccc(NC(C)=O)cc1. The maximum absolute atomic E-state index is 12.7. The molecule has 3 aromatic rings. The number of aliphatic hydroxyl groups excluding tert-OH is 1. The summed E-state index contributed by atoms with van der Waals surface area (Å²) in [6, 6.07) is 11.0. The first-order valence-corrected chi connectivity index (χ1v) is 9.33. The lowest BCUT2D eigenvalue weighted by Crippen LogP contribution is -2.29. The van der Waals surface area contributed by atoms with Crippen molar-refractivity contribution < 1.29 is 19.4 Å². The summed E-state index contributed by atoms with van der Waals surface area (Å²) in [6.07, 6.45) is -2.32. The molecule has 1 aromatic heterocycles. The first-order chi connectivity index (χ1) is 14.8. The van der Waals surface area contributed by atoms with Crippen molar-refractivity contribution in [2.24, 2.45) is 5.10 Å². The fraction of sp³-hybridized carbons (Fsp3) is 0.150. The number of halogens is 1. The molecule has 0 aliphatic heterocycles. The van der Waals surface area contributed by atoms with Crippen molar-refractivity contribution in [3.05, 3.63) is 69.1 Å². The molecule has 1 atom stereocenters. The highest BCUT2D eigenvalue weighted by atomic mass is 35.5. The van der Waals surface area contributed by atoms with Gasteiger partial charge in [0.25, 0.3) is 5.56 Å². The molecule has 10 nitrogen and oxygen atoms in total. The summed E-state index contributed by atoms with van der Waals surface area (Å²) >= 11 is 5.95. The van der Waals surface area contributed by atoms with E-state index in [-0.39, 0.29) is 17.3 Å². The van der Waals surface area contributed by atoms with Crippen molar-refractivity contribution in [3.8, 4) is 0 Å². The first-order valence-electron chi connectivity index (χ1n) is 8.95. The number of aromatic amines is 1. The van der Waals surface area contributed by atoms with Gasteiger partial charge in [-0.1, -0.05) is 23.7 Å². The average Bonchev–Trinajstić information content (AvgIpc) is 2.73. The second kappa shape index (κ2) is 9.37. The van der Waals surface area contributed by atoms with E-state index in [0.717, 1.165) is 7.11 Å². The Morgan fingerprint density at radius 2 is 1.94 bits per heavy atom. The van der Waals surface area contributed by atoms with Gasteiger partial charge in [-0.15, -0.1) is 0 Å². The van der Waals surface area contributed by atoms with Crippen LogP contribution in [0.4, 0.5) is 10.5 Å². The number of carbonyl (C=O) groups is 2. The molecule has 11 heteroatoms. The zero-order valence-electron chi connectivity index (χ0n) is 16.5. The van der Waals surface area contributed by atoms with Crippen LogP contribution in [0.1, 0.15) is 24.3 Å². The fourth-order valence-electron chi connectivity index (χ4n) is 2.74. The van der Waals surface area contributed by atoms with Crippen molar-refractivity contribution >= 4 is 46.0 Å². The number of hydrazone groups is 1. The van der Waals surface area contributed by atoms with Crippen LogP contribution in [0.2, 0.25) is 5.02 Å². The molecule has 0 bridgehead atoms. The highest BCUT2D eigenvalue weighted by Crippen LogP contribution is 2.21. The quantitative estimate of drug-likeness (QED) is 0.351. The minimum atomic E-state index is -1.43. The standard InChI is InChI=1S/C20H18ClN5O5/c1-10(27)22-13-6-3-11(4-7-13)18(28)16(25-26-20(30)31-2)17-19(29)24-15-9-12(21)5-8-14(15)23-17/h3-9,18,28H,1-2H3,(H,22,27)(H,24,29)(H,26,30)/b25-16+. The number of carbonyl (C=O) groups excluding carboxylic acids is 2. The van der Waals surface area contributed by atoms with E-state index in [2.05, 4.69) is 30.5 Å². The summed E-state index contributed by atoms with van der Waals surface area (Å²) < 4.78 is 4.49. The van der Waals surface area contributed by atoms with Gasteiger partial charge in [0.2, 0.25) is 5.91 Å². The van der Waals surface area contributed by atoms with Gasteiger partial charge in [-0.3, -0.25) is 9.59 Å². The molecular formula is C20H18ClN5O5. The van der Waals surface area contributed by atoms with Crippen LogP contribution in [0.3, 0.4) is 0 Å². The van der Waals surface area contributed by atoms with E-state index in [0.29, 0.717) is 27.3 Å². The molecular weight excluding hydrogens is 426 g/mol. The summed E-state index contributed by atoms with van der Waals surface area (Å²) in [7, 11) is 1.15. The van der Waals surface area contributed by atoms with Gasteiger partial charge in [-0.2, -0.15) is 5.10 Å². The third kappa shape index (κ3) is 5.24. The number of fused-ring (bicyclic) bond motifs is 1. The van der Waals surface area contributed by atoms with E-state index in [4.69, 9.17) is 11.6 Å². The van der Waals surface area contributed by atoms with E-state index in [1.807, 2.05) is 0 Å². The van der Waals surface area contributed by atoms with Gasteiger partial charge in [-0.05, 0) is 35.9 Å². The number of methoxy groups -OCH3 is 1. The Morgan fingerprint density at radius 3 is 2.58 bits per heavy atom. The van der Waals surface area contributed by atoms with Gasteiger partial charge in [0, 0.05) is 17.6 Å². The third-order valence-electron chi connectivity index (χ3n) is 4.16. The van der Waals surface area contributed by atoms with E-state index >= 15 is 0 Å². The number of hydrogen-bond donors (Lipinski definition) is 4. The van der Waals surface area contributed by atoms with Crippen LogP contribution in [-0.4, -0.2) is 39.9 Å². The summed E-state index contributed by atoms with van der Waals surface area (Å²) in [5.41, 5.74) is 2.70. The maximum atomic E-state index is 12.7. The second-order valence-electron chi connectivity index (χ2n) is 6.38. The lowest BCUT2D eigenvalue weighted by molar-refractivity contribution is -0.114. The summed E-state index contributed by atoms with van der Waals surface area (Å²) in [4.78, 5) is 42.3. The molecule has 3 rings (SSSR count). The van der Waals surface area contributed by atoms with Gasteiger partial charge in [0.05, 0.1) is 18.1 Å². The van der Waals surface area contributed by atoms with Gasteiger partial charge >= 0.3 is 6.09 Å². The number of benzene rings is 2. The third-order valence-corrected chi connectivity index (χ3v) is 4.39. The number of nitrogens with zero attached hydrogens (tertiary/aromatic N) is 2. The zero-order chi connectivity index (χ0) is 22.5. The molecule has 0 radical (unpaired) electrons. The highest BCUT2D eigenvalue weighted by molar-refractivity contribution is 6.31. The van der Waals surface area contributed by atoms with Gasteiger partial charge in [-0.25, -0.2) is 15.2 Å². The highest BCUT2D eigenvalue weighted by Gasteiger charge is 2.23. The number of aliphatic hydroxyl groups is 1. The van der Waals surface area contributed by atoms with Crippen LogP contribution in [0.25, 0.3) is 11.0 Å². The summed E-state index contributed by atoms with van der Waals surface area (Å²) in [6.45, 7) is 1.37.